The minimum absolute atomic E-state index is 0.114. The number of anilines is 1. The smallest absolute Gasteiger partial charge is 0.260 e. The average molecular weight is 275 g/mol. The molecule has 5 nitrogen and oxygen atoms in total. The van der Waals surface area contributed by atoms with Crippen LogP contribution in [0.5, 0.6) is 0 Å². The molecule has 17 heavy (non-hydrogen) atoms. The highest BCUT2D eigenvalue weighted by molar-refractivity contribution is 8.00. The molecule has 96 valence electrons. The molecule has 0 aliphatic carbocycles. The second-order valence-electron chi connectivity index (χ2n) is 4.19. The Bertz CT molecular complexity index is 486. The first kappa shape index (κ1) is 14.3. The third-order valence-electron chi connectivity index (χ3n) is 2.30. The molecule has 1 rings (SSSR count). The molecule has 1 aromatic heterocycles. The third kappa shape index (κ3) is 3.86. The van der Waals surface area contributed by atoms with Crippen molar-refractivity contribution in [1.82, 2.24) is 9.71 Å². The Labute approximate surface area is 106 Å². The SMILES string of the molecule is CSC(C)(C)CNS(=O)(=O)c1ncccc1N. The van der Waals surface area contributed by atoms with Gasteiger partial charge in [0, 0.05) is 17.5 Å². The number of nitrogens with zero attached hydrogens (tertiary/aromatic N) is 1. The van der Waals surface area contributed by atoms with E-state index < -0.39 is 10.0 Å². The zero-order valence-electron chi connectivity index (χ0n) is 10.1. The number of pyridine rings is 1. The van der Waals surface area contributed by atoms with E-state index >= 15 is 0 Å². The molecule has 7 heteroatoms. The van der Waals surface area contributed by atoms with Crippen molar-refractivity contribution in [2.24, 2.45) is 0 Å². The number of nitrogens with one attached hydrogen (secondary N) is 1. The summed E-state index contributed by atoms with van der Waals surface area (Å²) in [4.78, 5) is 3.79. The summed E-state index contributed by atoms with van der Waals surface area (Å²) in [5.41, 5.74) is 5.75. The fourth-order valence-corrected chi connectivity index (χ4v) is 2.61. The van der Waals surface area contributed by atoms with Crippen molar-refractivity contribution >= 4 is 27.5 Å². The zero-order chi connectivity index (χ0) is 13.1. The van der Waals surface area contributed by atoms with E-state index in [0.29, 0.717) is 6.54 Å². The van der Waals surface area contributed by atoms with Crippen LogP contribution in [0.4, 0.5) is 5.69 Å². The summed E-state index contributed by atoms with van der Waals surface area (Å²) in [5, 5.41) is -0.114. The van der Waals surface area contributed by atoms with Gasteiger partial charge in [-0.1, -0.05) is 0 Å². The van der Waals surface area contributed by atoms with Gasteiger partial charge in [-0.25, -0.2) is 18.1 Å². The topological polar surface area (TPSA) is 85.1 Å². The monoisotopic (exact) mass is 275 g/mol. The maximum Gasteiger partial charge on any atom is 0.260 e. The van der Waals surface area contributed by atoms with Crippen molar-refractivity contribution < 1.29 is 8.42 Å². The van der Waals surface area contributed by atoms with E-state index in [1.54, 1.807) is 17.8 Å². The van der Waals surface area contributed by atoms with Crippen LogP contribution in [0.3, 0.4) is 0 Å². The fourth-order valence-electron chi connectivity index (χ4n) is 1.04. The molecular weight excluding hydrogens is 258 g/mol. The number of hydrogen-bond donors (Lipinski definition) is 2. The lowest BCUT2D eigenvalue weighted by atomic mass is 10.2. The van der Waals surface area contributed by atoms with Crippen LogP contribution in [-0.4, -0.2) is 30.9 Å². The van der Waals surface area contributed by atoms with Gasteiger partial charge in [0.15, 0.2) is 5.03 Å². The predicted molar refractivity (Wildman–Crippen MR) is 71.4 cm³/mol. The summed E-state index contributed by atoms with van der Waals surface area (Å²) in [6.45, 7) is 4.25. The number of rotatable bonds is 5. The Morgan fingerprint density at radius 2 is 2.18 bits per heavy atom. The predicted octanol–water partition coefficient (Wildman–Crippen LogP) is 1.08. The molecule has 0 radical (unpaired) electrons. The minimum atomic E-state index is -3.63. The normalized spacial score (nSPS) is 12.6. The second kappa shape index (κ2) is 5.24. The molecule has 3 N–H and O–H groups in total. The van der Waals surface area contributed by atoms with Gasteiger partial charge >= 0.3 is 0 Å². The van der Waals surface area contributed by atoms with Crippen molar-refractivity contribution in [3.05, 3.63) is 18.3 Å². The molecule has 0 aliphatic heterocycles. The second-order valence-corrected chi connectivity index (χ2v) is 7.38. The lowest BCUT2D eigenvalue weighted by Crippen LogP contribution is -2.36. The summed E-state index contributed by atoms with van der Waals surface area (Å²) in [5.74, 6) is 0. The molecule has 0 aliphatic rings. The standard InChI is InChI=1S/C10H17N3O2S2/c1-10(2,16-3)7-13-17(14,15)9-8(11)5-4-6-12-9/h4-6,13H,7,11H2,1-3H3. The molecule has 0 aromatic carbocycles. The number of nitrogens with two attached hydrogens (primary N) is 1. The van der Waals surface area contributed by atoms with Crippen LogP contribution in [0.2, 0.25) is 0 Å². The molecule has 1 heterocycles. The Hall–Kier alpha value is -0.790. The molecular formula is C10H17N3O2S2. The number of hydrogen-bond acceptors (Lipinski definition) is 5. The van der Waals surface area contributed by atoms with Gasteiger partial charge in [-0.05, 0) is 32.2 Å². The highest BCUT2D eigenvalue weighted by atomic mass is 32.2. The summed E-state index contributed by atoms with van der Waals surface area (Å²) < 4.78 is 26.3. The van der Waals surface area contributed by atoms with E-state index in [1.807, 2.05) is 20.1 Å². The lowest BCUT2D eigenvalue weighted by molar-refractivity contribution is 0.567. The Morgan fingerprint density at radius 3 is 2.71 bits per heavy atom. The summed E-state index contributed by atoms with van der Waals surface area (Å²) >= 11 is 1.59. The van der Waals surface area contributed by atoms with Crippen LogP contribution >= 0.6 is 11.8 Å². The quantitative estimate of drug-likeness (QED) is 0.840. The van der Waals surface area contributed by atoms with Gasteiger partial charge in [0.25, 0.3) is 10.0 Å². The largest absolute Gasteiger partial charge is 0.396 e. The van der Waals surface area contributed by atoms with Crippen molar-refractivity contribution in [3.8, 4) is 0 Å². The minimum Gasteiger partial charge on any atom is -0.396 e. The van der Waals surface area contributed by atoms with Crippen LogP contribution in [-0.2, 0) is 10.0 Å². The molecule has 0 saturated heterocycles. The van der Waals surface area contributed by atoms with Gasteiger partial charge in [-0.3, -0.25) is 0 Å². The van der Waals surface area contributed by atoms with Crippen LogP contribution in [0, 0.1) is 0 Å². The van der Waals surface area contributed by atoms with Gasteiger partial charge < -0.3 is 5.73 Å². The van der Waals surface area contributed by atoms with E-state index in [4.69, 9.17) is 5.73 Å². The molecule has 0 spiro atoms. The molecule has 0 amide bonds. The number of sulfonamides is 1. The van der Waals surface area contributed by atoms with Gasteiger partial charge in [0.1, 0.15) is 0 Å². The third-order valence-corrected chi connectivity index (χ3v) is 4.92. The van der Waals surface area contributed by atoms with Crippen molar-refractivity contribution in [2.75, 3.05) is 18.5 Å². The highest BCUT2D eigenvalue weighted by Gasteiger charge is 2.23. The molecule has 0 atom stereocenters. The van der Waals surface area contributed by atoms with Gasteiger partial charge in [-0.15, -0.1) is 0 Å². The van der Waals surface area contributed by atoms with Gasteiger partial charge in [0.2, 0.25) is 0 Å². The number of nitrogen functional groups attached to an aromatic ring is 1. The van der Waals surface area contributed by atoms with Crippen molar-refractivity contribution in [2.45, 2.75) is 23.6 Å². The van der Waals surface area contributed by atoms with E-state index in [2.05, 4.69) is 9.71 Å². The van der Waals surface area contributed by atoms with Crippen LogP contribution in [0.15, 0.2) is 23.4 Å². The lowest BCUT2D eigenvalue weighted by Gasteiger charge is -2.22. The van der Waals surface area contributed by atoms with Crippen molar-refractivity contribution in [1.29, 1.82) is 0 Å². The average Bonchev–Trinajstić information content (AvgIpc) is 2.27. The maximum absolute atomic E-state index is 12.0. The van der Waals surface area contributed by atoms with Crippen LogP contribution in [0.25, 0.3) is 0 Å². The molecule has 0 unspecified atom stereocenters. The maximum atomic E-state index is 12.0. The van der Waals surface area contributed by atoms with Crippen molar-refractivity contribution in [3.63, 3.8) is 0 Å². The Kier molecular flexibility index (Phi) is 4.40. The highest BCUT2D eigenvalue weighted by Crippen LogP contribution is 2.21. The van der Waals surface area contributed by atoms with Gasteiger partial charge in [0.05, 0.1) is 5.69 Å². The molecule has 0 bridgehead atoms. The molecule has 1 aromatic rings. The summed E-state index contributed by atoms with van der Waals surface area (Å²) in [6, 6.07) is 3.11. The first-order chi connectivity index (χ1) is 7.78. The Balaban J connectivity index is 2.88. The van der Waals surface area contributed by atoms with Crippen LogP contribution in [0.1, 0.15) is 13.8 Å². The fraction of sp³-hybridized carbons (Fsp3) is 0.500. The molecule has 0 saturated carbocycles. The zero-order valence-corrected chi connectivity index (χ0v) is 11.7. The summed E-state index contributed by atoms with van der Waals surface area (Å²) in [6.07, 6.45) is 3.34. The number of thioether (sulfide) groups is 1. The first-order valence-corrected chi connectivity index (χ1v) is 7.74. The van der Waals surface area contributed by atoms with E-state index in [1.165, 1.54) is 12.3 Å². The Morgan fingerprint density at radius 1 is 1.53 bits per heavy atom. The number of aromatic nitrogens is 1. The van der Waals surface area contributed by atoms with Gasteiger partial charge in [-0.2, -0.15) is 11.8 Å². The molecule has 0 fully saturated rings. The van der Waals surface area contributed by atoms with E-state index in [9.17, 15) is 8.42 Å². The summed E-state index contributed by atoms with van der Waals surface area (Å²) in [7, 11) is -3.63. The van der Waals surface area contributed by atoms with Crippen LogP contribution < -0.4 is 10.5 Å². The first-order valence-electron chi connectivity index (χ1n) is 5.04. The van der Waals surface area contributed by atoms with E-state index in [0.717, 1.165) is 0 Å². The van der Waals surface area contributed by atoms with E-state index in [-0.39, 0.29) is 15.5 Å².